The van der Waals surface area contributed by atoms with Gasteiger partial charge in [-0.3, -0.25) is 0 Å². The SMILES string of the molecule is COc1cccc(C(C)Nc2cc(-c3ccc4[nH]ccc4c3)nc(C)n2)c1. The van der Waals surface area contributed by atoms with Crippen LogP contribution in [-0.2, 0) is 0 Å². The first-order valence-corrected chi connectivity index (χ1v) is 8.96. The second-order valence-electron chi connectivity index (χ2n) is 6.61. The third kappa shape index (κ3) is 3.62. The minimum absolute atomic E-state index is 0.0920. The fraction of sp³-hybridized carbons (Fsp3) is 0.182. The zero-order valence-electron chi connectivity index (χ0n) is 15.7. The number of anilines is 1. The minimum Gasteiger partial charge on any atom is -0.497 e. The van der Waals surface area contributed by atoms with Crippen LogP contribution >= 0.6 is 0 Å². The van der Waals surface area contributed by atoms with Gasteiger partial charge in [0.2, 0.25) is 0 Å². The second-order valence-corrected chi connectivity index (χ2v) is 6.61. The molecule has 2 N–H and O–H groups in total. The van der Waals surface area contributed by atoms with Crippen LogP contribution in [0.2, 0.25) is 0 Å². The highest BCUT2D eigenvalue weighted by molar-refractivity contribution is 5.84. The van der Waals surface area contributed by atoms with Crippen molar-refractivity contribution in [3.63, 3.8) is 0 Å². The van der Waals surface area contributed by atoms with Crippen LogP contribution in [-0.4, -0.2) is 22.1 Å². The number of nitrogens with one attached hydrogen (secondary N) is 2. The molecule has 0 bridgehead atoms. The Morgan fingerprint density at radius 1 is 1.04 bits per heavy atom. The predicted molar refractivity (Wildman–Crippen MR) is 109 cm³/mol. The summed E-state index contributed by atoms with van der Waals surface area (Å²) >= 11 is 0. The number of hydrogen-bond acceptors (Lipinski definition) is 4. The van der Waals surface area contributed by atoms with Crippen LogP contribution in [0, 0.1) is 6.92 Å². The van der Waals surface area contributed by atoms with Crippen molar-refractivity contribution in [2.24, 2.45) is 0 Å². The normalized spacial score (nSPS) is 12.1. The standard InChI is InChI=1S/C22H22N4O/c1-14(16-5-4-6-19(12-16)27-3)24-22-13-21(25-15(2)26-22)17-7-8-20-18(11-17)9-10-23-20/h4-14,23H,1-3H3,(H,24,25,26). The molecule has 2 aromatic carbocycles. The minimum atomic E-state index is 0.0920. The van der Waals surface area contributed by atoms with Crippen molar-refractivity contribution < 1.29 is 4.74 Å². The van der Waals surface area contributed by atoms with Gasteiger partial charge in [-0.05, 0) is 49.7 Å². The maximum Gasteiger partial charge on any atom is 0.130 e. The van der Waals surface area contributed by atoms with E-state index < -0.39 is 0 Å². The number of aryl methyl sites for hydroxylation is 1. The zero-order chi connectivity index (χ0) is 18.8. The number of H-pyrrole nitrogens is 1. The quantitative estimate of drug-likeness (QED) is 0.520. The molecule has 1 atom stereocenters. The van der Waals surface area contributed by atoms with Gasteiger partial charge in [-0.25, -0.2) is 9.97 Å². The molecule has 0 saturated heterocycles. The molecule has 0 aliphatic carbocycles. The number of methoxy groups -OCH3 is 1. The van der Waals surface area contributed by atoms with E-state index in [-0.39, 0.29) is 6.04 Å². The van der Waals surface area contributed by atoms with E-state index in [2.05, 4.69) is 57.5 Å². The lowest BCUT2D eigenvalue weighted by Crippen LogP contribution is -2.09. The second kappa shape index (κ2) is 7.11. The summed E-state index contributed by atoms with van der Waals surface area (Å²) in [6.07, 6.45) is 1.95. The Labute approximate surface area is 158 Å². The van der Waals surface area contributed by atoms with Gasteiger partial charge in [0.1, 0.15) is 17.4 Å². The molecule has 0 fully saturated rings. The maximum atomic E-state index is 5.32. The van der Waals surface area contributed by atoms with Crippen molar-refractivity contribution in [1.82, 2.24) is 15.0 Å². The van der Waals surface area contributed by atoms with Gasteiger partial charge in [0.15, 0.2) is 0 Å². The molecule has 27 heavy (non-hydrogen) atoms. The third-order valence-electron chi connectivity index (χ3n) is 4.65. The number of rotatable bonds is 5. The molecule has 0 saturated carbocycles. The van der Waals surface area contributed by atoms with E-state index in [0.29, 0.717) is 0 Å². The summed E-state index contributed by atoms with van der Waals surface area (Å²) in [6.45, 7) is 4.03. The Hall–Kier alpha value is -3.34. The van der Waals surface area contributed by atoms with Crippen molar-refractivity contribution in [3.8, 4) is 17.0 Å². The number of ether oxygens (including phenoxy) is 1. The van der Waals surface area contributed by atoms with E-state index in [9.17, 15) is 0 Å². The van der Waals surface area contributed by atoms with Gasteiger partial charge in [0.25, 0.3) is 0 Å². The predicted octanol–water partition coefficient (Wildman–Crippen LogP) is 5.12. The summed E-state index contributed by atoms with van der Waals surface area (Å²) in [4.78, 5) is 12.4. The first-order valence-electron chi connectivity index (χ1n) is 8.96. The van der Waals surface area contributed by atoms with E-state index >= 15 is 0 Å². The van der Waals surface area contributed by atoms with Crippen LogP contribution in [0.4, 0.5) is 5.82 Å². The number of hydrogen-bond donors (Lipinski definition) is 2. The summed E-state index contributed by atoms with van der Waals surface area (Å²) in [7, 11) is 1.68. The Balaban J connectivity index is 1.63. The lowest BCUT2D eigenvalue weighted by Gasteiger charge is -2.16. The molecule has 0 aliphatic heterocycles. The summed E-state index contributed by atoms with van der Waals surface area (Å²) in [5.41, 5.74) is 4.24. The van der Waals surface area contributed by atoms with E-state index in [0.717, 1.165) is 39.7 Å². The monoisotopic (exact) mass is 358 g/mol. The highest BCUT2D eigenvalue weighted by atomic mass is 16.5. The largest absolute Gasteiger partial charge is 0.497 e. The first kappa shape index (κ1) is 17.1. The van der Waals surface area contributed by atoms with Gasteiger partial charge in [-0.15, -0.1) is 0 Å². The number of benzene rings is 2. The molecule has 0 amide bonds. The lowest BCUT2D eigenvalue weighted by molar-refractivity contribution is 0.414. The highest BCUT2D eigenvalue weighted by Gasteiger charge is 2.10. The molecule has 136 valence electrons. The molecule has 0 aliphatic rings. The Kier molecular flexibility index (Phi) is 4.50. The Bertz CT molecular complexity index is 1090. The van der Waals surface area contributed by atoms with Crippen LogP contribution < -0.4 is 10.1 Å². The molecule has 0 spiro atoms. The van der Waals surface area contributed by atoms with Crippen molar-refractivity contribution in [2.45, 2.75) is 19.9 Å². The molecular formula is C22H22N4O. The highest BCUT2D eigenvalue weighted by Crippen LogP contribution is 2.26. The number of fused-ring (bicyclic) bond motifs is 1. The number of aromatic nitrogens is 3. The van der Waals surface area contributed by atoms with Gasteiger partial charge in [0, 0.05) is 28.7 Å². The summed E-state index contributed by atoms with van der Waals surface area (Å²) < 4.78 is 5.32. The van der Waals surface area contributed by atoms with E-state index in [1.807, 2.05) is 37.4 Å². The van der Waals surface area contributed by atoms with Crippen LogP contribution in [0.1, 0.15) is 24.4 Å². The lowest BCUT2D eigenvalue weighted by atomic mass is 10.1. The van der Waals surface area contributed by atoms with Crippen molar-refractivity contribution in [2.75, 3.05) is 12.4 Å². The fourth-order valence-corrected chi connectivity index (χ4v) is 3.22. The maximum absolute atomic E-state index is 5.32. The summed E-state index contributed by atoms with van der Waals surface area (Å²) in [5, 5.41) is 4.65. The molecule has 5 heteroatoms. The van der Waals surface area contributed by atoms with E-state index in [1.165, 1.54) is 5.39 Å². The van der Waals surface area contributed by atoms with Crippen LogP contribution in [0.3, 0.4) is 0 Å². The molecule has 0 radical (unpaired) electrons. The smallest absolute Gasteiger partial charge is 0.130 e. The number of aromatic amines is 1. The fourth-order valence-electron chi connectivity index (χ4n) is 3.22. The molecule has 5 nitrogen and oxygen atoms in total. The molecular weight excluding hydrogens is 336 g/mol. The average Bonchev–Trinajstić information content (AvgIpc) is 3.15. The number of nitrogens with zero attached hydrogens (tertiary/aromatic N) is 2. The van der Waals surface area contributed by atoms with Crippen LogP contribution in [0.25, 0.3) is 22.2 Å². The van der Waals surface area contributed by atoms with Gasteiger partial charge < -0.3 is 15.0 Å². The van der Waals surface area contributed by atoms with E-state index in [1.54, 1.807) is 7.11 Å². The molecule has 2 aromatic heterocycles. The van der Waals surface area contributed by atoms with Crippen molar-refractivity contribution >= 4 is 16.7 Å². The van der Waals surface area contributed by atoms with Gasteiger partial charge >= 0.3 is 0 Å². The Morgan fingerprint density at radius 3 is 2.78 bits per heavy atom. The molecule has 4 aromatic rings. The van der Waals surface area contributed by atoms with Crippen LogP contribution in [0.15, 0.2) is 60.8 Å². The molecule has 4 rings (SSSR count). The Morgan fingerprint density at radius 2 is 1.93 bits per heavy atom. The third-order valence-corrected chi connectivity index (χ3v) is 4.65. The molecule has 1 unspecified atom stereocenters. The van der Waals surface area contributed by atoms with Gasteiger partial charge in [-0.2, -0.15) is 0 Å². The van der Waals surface area contributed by atoms with Crippen molar-refractivity contribution in [3.05, 3.63) is 72.2 Å². The van der Waals surface area contributed by atoms with E-state index in [4.69, 9.17) is 4.74 Å². The summed E-state index contributed by atoms with van der Waals surface area (Å²) in [6, 6.07) is 18.5. The van der Waals surface area contributed by atoms with Crippen molar-refractivity contribution in [1.29, 1.82) is 0 Å². The summed E-state index contributed by atoms with van der Waals surface area (Å²) in [5.74, 6) is 2.39. The van der Waals surface area contributed by atoms with Gasteiger partial charge in [-0.1, -0.05) is 18.2 Å². The van der Waals surface area contributed by atoms with Crippen LogP contribution in [0.5, 0.6) is 5.75 Å². The topological polar surface area (TPSA) is 62.8 Å². The zero-order valence-corrected chi connectivity index (χ0v) is 15.7. The first-order chi connectivity index (χ1) is 13.1. The average molecular weight is 358 g/mol. The molecule has 2 heterocycles. The van der Waals surface area contributed by atoms with Gasteiger partial charge in [0.05, 0.1) is 18.8 Å².